The Balaban J connectivity index is 1.81. The lowest BCUT2D eigenvalue weighted by atomic mass is 9.78. The van der Waals surface area contributed by atoms with Crippen LogP contribution in [-0.4, -0.2) is 15.7 Å². The van der Waals surface area contributed by atoms with E-state index in [1.807, 2.05) is 17.9 Å². The van der Waals surface area contributed by atoms with E-state index in [0.29, 0.717) is 5.92 Å². The maximum absolute atomic E-state index is 11.2. The summed E-state index contributed by atoms with van der Waals surface area (Å²) >= 11 is 0. The second kappa shape index (κ2) is 4.68. The van der Waals surface area contributed by atoms with E-state index >= 15 is 0 Å². The average molecular weight is 257 g/mol. The van der Waals surface area contributed by atoms with Crippen molar-refractivity contribution in [2.24, 2.45) is 18.7 Å². The number of aromatic nitrogens is 2. The molecule has 1 amide bonds. The predicted molar refractivity (Wildman–Crippen MR) is 74.6 cm³/mol. The van der Waals surface area contributed by atoms with Crippen LogP contribution in [0.1, 0.15) is 37.2 Å². The van der Waals surface area contributed by atoms with Gasteiger partial charge in [-0.05, 0) is 43.2 Å². The molecular formula is C15H19N3O. The molecule has 100 valence electrons. The molecule has 1 aromatic heterocycles. The van der Waals surface area contributed by atoms with Gasteiger partial charge in [-0.2, -0.15) is 5.10 Å². The Morgan fingerprint density at radius 1 is 1.32 bits per heavy atom. The first-order chi connectivity index (χ1) is 9.15. The first kappa shape index (κ1) is 12.2. The quantitative estimate of drug-likeness (QED) is 0.897. The maximum atomic E-state index is 11.2. The fourth-order valence-electron chi connectivity index (χ4n) is 3.13. The normalized spacial score (nSPS) is 23.6. The highest BCUT2D eigenvalue weighted by Crippen LogP contribution is 2.36. The van der Waals surface area contributed by atoms with Crippen molar-refractivity contribution in [2.45, 2.75) is 31.6 Å². The lowest BCUT2D eigenvalue weighted by molar-refractivity contribution is -0.122. The summed E-state index contributed by atoms with van der Waals surface area (Å²) in [5, 5.41) is 5.45. The number of benzene rings is 1. The van der Waals surface area contributed by atoms with Crippen LogP contribution in [0.4, 0.5) is 0 Å². The van der Waals surface area contributed by atoms with Crippen molar-refractivity contribution < 1.29 is 4.79 Å². The number of amides is 1. The van der Waals surface area contributed by atoms with Crippen LogP contribution < -0.4 is 5.73 Å². The average Bonchev–Trinajstić information content (AvgIpc) is 2.80. The number of rotatable bonds is 2. The van der Waals surface area contributed by atoms with E-state index in [2.05, 4.69) is 23.3 Å². The number of hydrogen-bond donors (Lipinski definition) is 1. The summed E-state index contributed by atoms with van der Waals surface area (Å²) < 4.78 is 1.91. The standard InChI is InChI=1S/C15H19N3O/c1-18-14-8-12(6-7-13(14)9-17-18)10-2-4-11(5-3-10)15(16)19/h6-11H,2-5H2,1H3,(H2,16,19). The van der Waals surface area contributed by atoms with Crippen LogP contribution in [0.2, 0.25) is 0 Å². The third kappa shape index (κ3) is 2.23. The molecule has 0 spiro atoms. The minimum atomic E-state index is -0.138. The van der Waals surface area contributed by atoms with Gasteiger partial charge in [0, 0.05) is 18.4 Å². The van der Waals surface area contributed by atoms with Crippen molar-refractivity contribution in [3.8, 4) is 0 Å². The molecule has 1 heterocycles. The summed E-state index contributed by atoms with van der Waals surface area (Å²) in [6, 6.07) is 6.56. The Kier molecular flexibility index (Phi) is 3.01. The third-order valence-electron chi connectivity index (χ3n) is 4.37. The second-order valence-corrected chi connectivity index (χ2v) is 5.54. The molecule has 4 heteroatoms. The van der Waals surface area contributed by atoms with E-state index in [9.17, 15) is 4.79 Å². The van der Waals surface area contributed by atoms with E-state index in [1.54, 1.807) is 0 Å². The van der Waals surface area contributed by atoms with Crippen molar-refractivity contribution in [3.05, 3.63) is 30.0 Å². The van der Waals surface area contributed by atoms with Gasteiger partial charge in [-0.25, -0.2) is 0 Å². The molecule has 0 radical (unpaired) electrons. The lowest BCUT2D eigenvalue weighted by Crippen LogP contribution is -2.27. The van der Waals surface area contributed by atoms with Gasteiger partial charge in [0.15, 0.2) is 0 Å². The highest BCUT2D eigenvalue weighted by Gasteiger charge is 2.25. The number of hydrogen-bond acceptors (Lipinski definition) is 2. The number of aryl methyl sites for hydroxylation is 1. The van der Waals surface area contributed by atoms with Gasteiger partial charge in [0.05, 0.1) is 11.7 Å². The fraction of sp³-hybridized carbons (Fsp3) is 0.467. The van der Waals surface area contributed by atoms with E-state index in [1.165, 1.54) is 16.5 Å². The molecule has 1 aromatic carbocycles. The Morgan fingerprint density at radius 2 is 2.05 bits per heavy atom. The van der Waals surface area contributed by atoms with Crippen LogP contribution in [0, 0.1) is 5.92 Å². The minimum Gasteiger partial charge on any atom is -0.369 e. The molecule has 0 aliphatic heterocycles. The Bertz CT molecular complexity index is 609. The number of nitrogens with zero attached hydrogens (tertiary/aromatic N) is 2. The smallest absolute Gasteiger partial charge is 0.220 e. The molecular weight excluding hydrogens is 238 g/mol. The Labute approximate surface area is 112 Å². The highest BCUT2D eigenvalue weighted by atomic mass is 16.1. The summed E-state index contributed by atoms with van der Waals surface area (Å²) in [6.07, 6.45) is 5.84. The summed E-state index contributed by atoms with van der Waals surface area (Å²) in [4.78, 5) is 11.2. The molecule has 0 bridgehead atoms. The fourth-order valence-corrected chi connectivity index (χ4v) is 3.13. The molecule has 0 saturated heterocycles. The largest absolute Gasteiger partial charge is 0.369 e. The monoisotopic (exact) mass is 257 g/mol. The topological polar surface area (TPSA) is 60.9 Å². The van der Waals surface area contributed by atoms with Crippen LogP contribution in [-0.2, 0) is 11.8 Å². The van der Waals surface area contributed by atoms with E-state index in [4.69, 9.17) is 5.73 Å². The molecule has 1 aliphatic rings. The van der Waals surface area contributed by atoms with Crippen LogP contribution in [0.5, 0.6) is 0 Å². The van der Waals surface area contributed by atoms with Crippen molar-refractivity contribution in [1.29, 1.82) is 0 Å². The zero-order valence-corrected chi connectivity index (χ0v) is 11.2. The van der Waals surface area contributed by atoms with Gasteiger partial charge in [-0.15, -0.1) is 0 Å². The van der Waals surface area contributed by atoms with Crippen molar-refractivity contribution >= 4 is 16.8 Å². The first-order valence-corrected chi connectivity index (χ1v) is 6.86. The maximum Gasteiger partial charge on any atom is 0.220 e. The number of carbonyl (C=O) groups excluding carboxylic acids is 1. The van der Waals surface area contributed by atoms with Gasteiger partial charge in [-0.3, -0.25) is 9.48 Å². The molecule has 0 unspecified atom stereocenters. The van der Waals surface area contributed by atoms with E-state index in [-0.39, 0.29) is 11.8 Å². The van der Waals surface area contributed by atoms with E-state index < -0.39 is 0 Å². The number of carbonyl (C=O) groups is 1. The predicted octanol–water partition coefficient (Wildman–Crippen LogP) is 2.33. The minimum absolute atomic E-state index is 0.0803. The molecule has 1 fully saturated rings. The van der Waals surface area contributed by atoms with Crippen LogP contribution in [0.3, 0.4) is 0 Å². The van der Waals surface area contributed by atoms with Crippen LogP contribution in [0.25, 0.3) is 10.9 Å². The molecule has 3 rings (SSSR count). The SMILES string of the molecule is Cn1ncc2ccc(C3CCC(C(N)=O)CC3)cc21. The number of nitrogens with two attached hydrogens (primary N) is 1. The van der Waals surface area contributed by atoms with Crippen molar-refractivity contribution in [1.82, 2.24) is 9.78 Å². The lowest BCUT2D eigenvalue weighted by Gasteiger charge is -2.27. The van der Waals surface area contributed by atoms with Crippen molar-refractivity contribution in [3.63, 3.8) is 0 Å². The summed E-state index contributed by atoms with van der Waals surface area (Å²) in [5.41, 5.74) is 7.92. The first-order valence-electron chi connectivity index (χ1n) is 6.86. The van der Waals surface area contributed by atoms with Crippen LogP contribution >= 0.6 is 0 Å². The summed E-state index contributed by atoms with van der Waals surface area (Å²) in [6.45, 7) is 0. The molecule has 1 aliphatic carbocycles. The van der Waals surface area contributed by atoms with Gasteiger partial charge in [0.2, 0.25) is 5.91 Å². The molecule has 2 N–H and O–H groups in total. The van der Waals surface area contributed by atoms with Gasteiger partial charge in [0.25, 0.3) is 0 Å². The zero-order chi connectivity index (χ0) is 13.4. The molecule has 1 saturated carbocycles. The van der Waals surface area contributed by atoms with E-state index in [0.717, 1.165) is 25.7 Å². The highest BCUT2D eigenvalue weighted by molar-refractivity contribution is 5.79. The van der Waals surface area contributed by atoms with Gasteiger partial charge < -0.3 is 5.73 Å². The molecule has 19 heavy (non-hydrogen) atoms. The Hall–Kier alpha value is -1.84. The Morgan fingerprint density at radius 3 is 2.74 bits per heavy atom. The summed E-state index contributed by atoms with van der Waals surface area (Å²) in [7, 11) is 1.97. The zero-order valence-electron chi connectivity index (χ0n) is 11.2. The van der Waals surface area contributed by atoms with Gasteiger partial charge in [-0.1, -0.05) is 12.1 Å². The van der Waals surface area contributed by atoms with Crippen LogP contribution in [0.15, 0.2) is 24.4 Å². The van der Waals surface area contributed by atoms with Gasteiger partial charge >= 0.3 is 0 Å². The second-order valence-electron chi connectivity index (χ2n) is 5.54. The van der Waals surface area contributed by atoms with Gasteiger partial charge in [0.1, 0.15) is 0 Å². The molecule has 0 atom stereocenters. The molecule has 2 aromatic rings. The summed E-state index contributed by atoms with van der Waals surface area (Å²) in [5.74, 6) is 0.493. The molecule has 4 nitrogen and oxygen atoms in total. The number of fused-ring (bicyclic) bond motifs is 1. The third-order valence-corrected chi connectivity index (χ3v) is 4.37. The number of primary amides is 1. The van der Waals surface area contributed by atoms with Crippen molar-refractivity contribution in [2.75, 3.05) is 0 Å².